The average molecular weight is 1110 g/mol. The summed E-state index contributed by atoms with van der Waals surface area (Å²) in [6.45, 7) is 13.8. The smallest absolute Gasteiger partial charge is 0.187 e. The van der Waals surface area contributed by atoms with Crippen LogP contribution in [-0.2, 0) is 33.2 Å². The largest absolute Gasteiger partial charge is 0.394 e. The molecule has 3 aliphatic heterocycles. The van der Waals surface area contributed by atoms with Crippen LogP contribution in [0.3, 0.4) is 0 Å². The van der Waals surface area contributed by atoms with Gasteiger partial charge in [0.15, 0.2) is 18.9 Å². The predicted octanol–water partition coefficient (Wildman–Crippen LogP) is -2.96. The zero-order valence-electron chi connectivity index (χ0n) is 45.7. The van der Waals surface area contributed by atoms with Gasteiger partial charge in [0.1, 0.15) is 79.4 Å². The summed E-state index contributed by atoms with van der Waals surface area (Å²) in [5.74, 6) is -1.80. The van der Waals surface area contributed by atoms with Gasteiger partial charge in [-0.1, -0.05) is 46.8 Å². The van der Waals surface area contributed by atoms with Crippen LogP contribution in [0.25, 0.3) is 0 Å². The highest BCUT2D eigenvalue weighted by Crippen LogP contribution is 2.76. The molecular weight excluding hydrogens is 1020 g/mol. The number of aliphatic hydroxyl groups is 16. The minimum atomic E-state index is -1.87. The van der Waals surface area contributed by atoms with Crippen molar-refractivity contribution in [3.8, 4) is 0 Å². The minimum absolute atomic E-state index is 0.00109. The Balaban J connectivity index is 1.03. The Bertz CT molecular complexity index is 2010. The van der Waals surface area contributed by atoms with Crippen molar-refractivity contribution in [3.05, 3.63) is 12.2 Å². The quantitative estimate of drug-likeness (QED) is 0.0575. The Kier molecular flexibility index (Phi) is 18.3. The number of hydrogen-bond acceptors (Lipinski definition) is 23. The van der Waals surface area contributed by atoms with Crippen molar-refractivity contribution in [2.24, 2.45) is 51.2 Å². The summed E-state index contributed by atoms with van der Waals surface area (Å²) in [6, 6.07) is 0. The highest BCUT2D eigenvalue weighted by atomic mass is 16.8. The van der Waals surface area contributed by atoms with Gasteiger partial charge in [-0.05, 0) is 117 Å². The second-order valence-electron chi connectivity index (χ2n) is 26.4. The molecule has 23 nitrogen and oxygen atoms in total. The Morgan fingerprint density at radius 3 is 1.83 bits per heavy atom. The predicted molar refractivity (Wildman–Crippen MR) is 266 cm³/mol. The zero-order valence-corrected chi connectivity index (χ0v) is 45.7. The molecule has 5 aliphatic carbocycles. The highest BCUT2D eigenvalue weighted by Gasteiger charge is 2.73. The van der Waals surface area contributed by atoms with Crippen molar-refractivity contribution in [2.45, 2.75) is 247 Å². The molecular formula is C54H92O23. The van der Waals surface area contributed by atoms with E-state index in [9.17, 15) is 81.7 Å². The van der Waals surface area contributed by atoms with Crippen LogP contribution in [-0.4, -0.2) is 248 Å². The first-order valence-electron chi connectivity index (χ1n) is 27.8. The Hall–Kier alpha value is -1.18. The number of ether oxygens (including phenoxy) is 7. The lowest BCUT2D eigenvalue weighted by Gasteiger charge is -2.71. The minimum Gasteiger partial charge on any atom is -0.394 e. The van der Waals surface area contributed by atoms with Gasteiger partial charge in [0.2, 0.25) is 0 Å². The fourth-order valence-electron chi connectivity index (χ4n) is 16.5. The van der Waals surface area contributed by atoms with Gasteiger partial charge in [-0.2, -0.15) is 0 Å². The molecule has 446 valence electrons. The summed E-state index contributed by atoms with van der Waals surface area (Å²) in [5.41, 5.74) is -4.70. The van der Waals surface area contributed by atoms with Crippen LogP contribution in [0, 0.1) is 51.2 Å². The molecule has 8 aliphatic rings. The molecule has 3 heterocycles. The van der Waals surface area contributed by atoms with Crippen molar-refractivity contribution < 1.29 is 115 Å². The maximum Gasteiger partial charge on any atom is 0.187 e. The lowest BCUT2D eigenvalue weighted by molar-refractivity contribution is -0.383. The van der Waals surface area contributed by atoms with Gasteiger partial charge in [-0.25, -0.2) is 0 Å². The molecule has 4 unspecified atom stereocenters. The van der Waals surface area contributed by atoms with E-state index in [4.69, 9.17) is 33.2 Å². The Labute approximate surface area is 450 Å². The van der Waals surface area contributed by atoms with Crippen LogP contribution in [0.15, 0.2) is 12.2 Å². The molecule has 23 heteroatoms. The van der Waals surface area contributed by atoms with Crippen molar-refractivity contribution in [1.29, 1.82) is 0 Å². The number of hydrogen-bond donors (Lipinski definition) is 16. The average Bonchev–Trinajstić information content (AvgIpc) is 4.01. The van der Waals surface area contributed by atoms with E-state index in [-0.39, 0.29) is 56.1 Å². The van der Waals surface area contributed by atoms with Crippen molar-refractivity contribution in [1.82, 2.24) is 0 Å². The lowest BCUT2D eigenvalue weighted by atomic mass is 9.35. The van der Waals surface area contributed by atoms with E-state index in [1.807, 2.05) is 26.8 Å². The molecule has 8 rings (SSSR count). The summed E-state index contributed by atoms with van der Waals surface area (Å²) in [6.07, 6.45) is -24.2. The molecule has 0 bridgehead atoms. The first kappa shape index (κ1) is 61.9. The first-order chi connectivity index (χ1) is 35.8. The van der Waals surface area contributed by atoms with Gasteiger partial charge in [0, 0.05) is 5.92 Å². The summed E-state index contributed by atoms with van der Waals surface area (Å²) in [5, 5.41) is 175. The maximum atomic E-state index is 12.9. The van der Waals surface area contributed by atoms with E-state index in [2.05, 4.69) is 20.8 Å². The van der Waals surface area contributed by atoms with E-state index < -0.39 is 181 Å². The molecule has 30 atom stereocenters. The third-order valence-electron chi connectivity index (χ3n) is 20.8. The number of rotatable bonds is 15. The molecule has 0 spiro atoms. The molecule has 0 aromatic rings. The molecule has 16 N–H and O–H groups in total. The Morgan fingerprint density at radius 1 is 0.597 bits per heavy atom. The van der Waals surface area contributed by atoms with Crippen LogP contribution < -0.4 is 0 Å². The van der Waals surface area contributed by atoms with Gasteiger partial charge < -0.3 is 115 Å². The SMILES string of the molecule is CC(C)(O)/C=C/CC(C)(O[C@@H]1C[C@H](CO[C@@H]2OC[C@@H](O)[C@H](O)[C@H]2O)[C@@H](O)[C@H](O)[C@H]1O)[C@H]1CC[C@]2(C)C1[C@H](O)CC1[C@@]3(C)C[C@@H](O)[C@H](O[C@@H]4O[C@H](CO)[C@@H](O)[C@H](O)[C@H]4O[C@@H]4O[C@H](CO)[C@@H](O)[C@H](O)[C@H]4O)C(C)(C)C3CC[C@]12C. The summed E-state index contributed by atoms with van der Waals surface area (Å²) in [4.78, 5) is 0. The highest BCUT2D eigenvalue weighted by molar-refractivity contribution is 5.22. The summed E-state index contributed by atoms with van der Waals surface area (Å²) < 4.78 is 42.5. The standard InChI is InChI=1S/C54H92O23/c1-49(2,70)12-9-13-54(8,77-28-16-23(34(60)39(65)36(28)62)21-71-46-42(68)35(61)27(59)22-72-46)24-10-14-53(7)33(24)25(57)17-32-51(5)18-26(58)45(50(3,4)31(51)11-15-52(32,53)6)76-48-44(41(67)38(64)30(20-56)74-48)75-47-43(69)40(66)37(63)29(19-55)73-47/h9,12,23-48,55-70H,10-11,13-22H2,1-8H3/b12-9+/t23-,24+,25-,26-,27-,28-,29-,30-,31?,32?,33?,34-,35+,36+,37-,38-,39+,40+,41+,42-,43-,44-,45+,46-,47+,48+,51+,52-,53-,54?/m1/s1. The molecule has 77 heavy (non-hydrogen) atoms. The molecule has 3 saturated heterocycles. The zero-order chi connectivity index (χ0) is 56.9. The number of fused-ring (bicyclic) bond motifs is 5. The van der Waals surface area contributed by atoms with Crippen molar-refractivity contribution in [2.75, 3.05) is 26.4 Å². The monoisotopic (exact) mass is 1110 g/mol. The molecule has 0 amide bonds. The van der Waals surface area contributed by atoms with Gasteiger partial charge in [0.05, 0.1) is 68.1 Å². The van der Waals surface area contributed by atoms with Crippen LogP contribution in [0.4, 0.5) is 0 Å². The normalized spacial score (nSPS) is 53.1. The van der Waals surface area contributed by atoms with E-state index in [0.29, 0.717) is 25.7 Å². The van der Waals surface area contributed by atoms with Gasteiger partial charge >= 0.3 is 0 Å². The van der Waals surface area contributed by atoms with Crippen molar-refractivity contribution in [3.63, 3.8) is 0 Å². The van der Waals surface area contributed by atoms with E-state index in [1.54, 1.807) is 19.9 Å². The fourth-order valence-corrected chi connectivity index (χ4v) is 16.5. The Morgan fingerprint density at radius 2 is 1.19 bits per heavy atom. The van der Waals surface area contributed by atoms with E-state index in [0.717, 1.165) is 6.42 Å². The van der Waals surface area contributed by atoms with Gasteiger partial charge in [-0.3, -0.25) is 0 Å². The third-order valence-corrected chi connectivity index (χ3v) is 20.8. The molecule has 5 saturated carbocycles. The molecule has 0 aromatic carbocycles. The van der Waals surface area contributed by atoms with Gasteiger partial charge in [0.25, 0.3) is 0 Å². The van der Waals surface area contributed by atoms with Gasteiger partial charge in [-0.15, -0.1) is 0 Å². The summed E-state index contributed by atoms with van der Waals surface area (Å²) in [7, 11) is 0. The maximum absolute atomic E-state index is 12.9. The van der Waals surface area contributed by atoms with Crippen LogP contribution >= 0.6 is 0 Å². The van der Waals surface area contributed by atoms with Crippen LogP contribution in [0.1, 0.15) is 107 Å². The molecule has 8 fully saturated rings. The van der Waals surface area contributed by atoms with Crippen molar-refractivity contribution >= 4 is 0 Å². The van der Waals surface area contributed by atoms with E-state index in [1.165, 1.54) is 0 Å². The second kappa shape index (κ2) is 22.8. The van der Waals surface area contributed by atoms with Crippen LogP contribution in [0.5, 0.6) is 0 Å². The summed E-state index contributed by atoms with van der Waals surface area (Å²) >= 11 is 0. The second-order valence-corrected chi connectivity index (χ2v) is 26.4. The first-order valence-corrected chi connectivity index (χ1v) is 27.8. The lowest BCUT2D eigenvalue weighted by Crippen LogP contribution is -2.70. The molecule has 0 aromatic heterocycles. The van der Waals surface area contributed by atoms with Crippen LogP contribution in [0.2, 0.25) is 0 Å². The third kappa shape index (κ3) is 11.0. The number of aliphatic hydroxyl groups excluding tert-OH is 15. The topological polar surface area (TPSA) is 388 Å². The van der Waals surface area contributed by atoms with E-state index >= 15 is 0 Å². The molecule has 0 radical (unpaired) electrons. The fraction of sp³-hybridized carbons (Fsp3) is 0.963.